The lowest BCUT2D eigenvalue weighted by molar-refractivity contribution is -0.136. The van der Waals surface area contributed by atoms with Crippen LogP contribution in [0.1, 0.15) is 115 Å². The van der Waals surface area contributed by atoms with Crippen molar-refractivity contribution in [3.63, 3.8) is 0 Å². The maximum Gasteiger partial charge on any atom is 0.409 e. The predicted octanol–water partition coefficient (Wildman–Crippen LogP) is 7.58. The van der Waals surface area contributed by atoms with Gasteiger partial charge in [0.25, 0.3) is 11.8 Å². The third kappa shape index (κ3) is 9.18. The van der Waals surface area contributed by atoms with Gasteiger partial charge in [0.1, 0.15) is 42.1 Å². The van der Waals surface area contributed by atoms with E-state index in [1.54, 1.807) is 30.3 Å². The third-order valence-electron chi connectivity index (χ3n) is 18.5. The van der Waals surface area contributed by atoms with Crippen molar-refractivity contribution in [2.75, 3.05) is 75.5 Å². The summed E-state index contributed by atoms with van der Waals surface area (Å²) < 4.78 is 51.4. The highest BCUT2D eigenvalue weighted by Gasteiger charge is 2.51. The van der Waals surface area contributed by atoms with E-state index in [2.05, 4.69) is 25.9 Å². The Balaban J connectivity index is 0.628. The summed E-state index contributed by atoms with van der Waals surface area (Å²) in [6, 6.07) is 12.7. The van der Waals surface area contributed by atoms with Gasteiger partial charge in [0.2, 0.25) is 11.8 Å². The number of pyridine rings is 1. The monoisotopic (exact) mass is 1080 g/mol. The number of hydrogen-bond donors (Lipinski definition) is 1. The zero-order chi connectivity index (χ0) is 54.1. The Kier molecular flexibility index (Phi) is 13.4. The standard InChI is InChI=1S/C60H63F2N9O8/c1-2-41-45(61)12-8-37-6-3-7-43(49(37)41)52-51(62)53-50-46(63-52)13-10-39-32-77-29-5-23-69(39)54(50)66-58(65-53)79-34-60-21-4-24-70(60)40(16-22-60)33-78-59(76)68-27-19-36(20-28-68)30-35-17-25-67(26-18-35)38-9-11-42-44(31-38)57(75)71(56(42)74)47-14-15-48(72)64-55(47)73/h1,3,6-9,11-12,31,35-36,39-40,47H,4-5,10,13-30,32-34H2,(H,64,72,73)/t39-,40-,47?,60-/m0/s1. The number of terminal acetylenes is 1. The number of piperidine rings is 3. The van der Waals surface area contributed by atoms with Gasteiger partial charge in [-0.05, 0) is 132 Å². The first kappa shape index (κ1) is 51.2. The minimum absolute atomic E-state index is 0.0150. The first-order chi connectivity index (χ1) is 38.4. The molecule has 2 aromatic heterocycles. The van der Waals surface area contributed by atoms with Gasteiger partial charge in [0, 0.05) is 68.4 Å². The Bertz CT molecular complexity index is 3370. The number of halogens is 2. The molecule has 3 aromatic carbocycles. The third-order valence-corrected chi connectivity index (χ3v) is 18.5. The molecule has 17 nitrogen and oxygen atoms in total. The largest absolute Gasteiger partial charge is 0.461 e. The Morgan fingerprint density at radius 1 is 0.823 bits per heavy atom. The molecular weight excluding hydrogens is 1010 g/mol. The van der Waals surface area contributed by atoms with E-state index < -0.39 is 41.3 Å². The molecule has 1 unspecified atom stereocenters. The number of hydrogen-bond acceptors (Lipinski definition) is 14. The minimum atomic E-state index is -0.995. The van der Waals surface area contributed by atoms with E-state index in [0.29, 0.717) is 96.3 Å². The van der Waals surface area contributed by atoms with E-state index >= 15 is 8.78 Å². The van der Waals surface area contributed by atoms with Gasteiger partial charge in [-0.1, -0.05) is 30.2 Å². The zero-order valence-corrected chi connectivity index (χ0v) is 44.2. The van der Waals surface area contributed by atoms with Crippen LogP contribution in [0.15, 0.2) is 48.5 Å². The van der Waals surface area contributed by atoms with Gasteiger partial charge in [-0.25, -0.2) is 18.6 Å². The van der Waals surface area contributed by atoms with Gasteiger partial charge in [-0.15, -0.1) is 6.42 Å². The van der Waals surface area contributed by atoms with Gasteiger partial charge < -0.3 is 28.9 Å². The van der Waals surface area contributed by atoms with Crippen molar-refractivity contribution in [3.8, 4) is 29.6 Å². The number of nitrogens with one attached hydrogen (secondary N) is 1. The highest BCUT2D eigenvalue weighted by Crippen LogP contribution is 2.45. The van der Waals surface area contributed by atoms with E-state index in [4.69, 9.17) is 35.6 Å². The molecule has 1 N–H and O–H groups in total. The van der Waals surface area contributed by atoms with Crippen LogP contribution in [0.4, 0.5) is 25.1 Å². The summed E-state index contributed by atoms with van der Waals surface area (Å²) in [6.45, 7) is 6.12. The normalized spacial score (nSPS) is 24.8. The molecule has 79 heavy (non-hydrogen) atoms. The molecule has 5 amide bonds. The van der Waals surface area contributed by atoms with Crippen LogP contribution in [-0.4, -0.2) is 149 Å². The summed E-state index contributed by atoms with van der Waals surface area (Å²) in [7, 11) is 0. The number of rotatable bonds is 10. The average molecular weight is 1080 g/mol. The molecule has 13 rings (SSSR count). The molecule has 10 heterocycles. The van der Waals surface area contributed by atoms with Crippen LogP contribution >= 0.6 is 0 Å². The number of ether oxygens (including phenoxy) is 3. The van der Waals surface area contributed by atoms with E-state index in [-0.39, 0.29) is 78.1 Å². The number of fused-ring (bicyclic) bond motifs is 5. The second-order valence-electron chi connectivity index (χ2n) is 22.9. The smallest absolute Gasteiger partial charge is 0.409 e. The van der Waals surface area contributed by atoms with Gasteiger partial charge in [-0.3, -0.25) is 34.3 Å². The number of carbonyl (C=O) groups excluding carboxylic acids is 5. The fraction of sp³-hybridized carbons (Fsp3) is 0.500. The first-order valence-electron chi connectivity index (χ1n) is 28.3. The SMILES string of the molecule is C#Cc1c(F)ccc2cccc(-c3nc4c5c(nc(OC[C@@]67CCCN6[C@H](COC(=O)N6CCC(CC8CCN(c9ccc%10c(c9)C(=O)N(C9CCC(=O)NC9=O)C%10=O)CC8)CC6)CC7)nc5c3F)N3CCCOC[C@@H]3CC4)c12. The number of likely N-dealkylation sites (tertiary alicyclic amines) is 1. The number of imide groups is 2. The number of nitrogens with zero attached hydrogens (tertiary/aromatic N) is 8. The van der Waals surface area contributed by atoms with Gasteiger partial charge in [0.15, 0.2) is 5.82 Å². The van der Waals surface area contributed by atoms with E-state index in [9.17, 15) is 24.0 Å². The lowest BCUT2D eigenvalue weighted by Gasteiger charge is -2.37. The van der Waals surface area contributed by atoms with Crippen LogP contribution in [0.5, 0.6) is 6.01 Å². The van der Waals surface area contributed by atoms with Crippen LogP contribution < -0.4 is 19.9 Å². The summed E-state index contributed by atoms with van der Waals surface area (Å²) in [6.07, 6.45) is 16.2. The molecule has 6 fully saturated rings. The van der Waals surface area contributed by atoms with Gasteiger partial charge >= 0.3 is 12.1 Å². The van der Waals surface area contributed by atoms with Crippen molar-refractivity contribution in [2.24, 2.45) is 11.8 Å². The molecule has 4 atom stereocenters. The number of anilines is 2. The summed E-state index contributed by atoms with van der Waals surface area (Å²) >= 11 is 0. The van der Waals surface area contributed by atoms with Gasteiger partial charge in [0.05, 0.1) is 46.0 Å². The highest BCUT2D eigenvalue weighted by atomic mass is 19.1. The van der Waals surface area contributed by atoms with Gasteiger partial charge in [-0.2, -0.15) is 9.97 Å². The molecule has 410 valence electrons. The van der Waals surface area contributed by atoms with Crippen molar-refractivity contribution in [3.05, 3.63) is 82.5 Å². The van der Waals surface area contributed by atoms with E-state index in [1.807, 2.05) is 17.0 Å². The van der Waals surface area contributed by atoms with Crippen molar-refractivity contribution >= 4 is 62.9 Å². The highest BCUT2D eigenvalue weighted by molar-refractivity contribution is 6.23. The molecule has 0 spiro atoms. The molecule has 0 radical (unpaired) electrons. The molecule has 6 saturated heterocycles. The van der Waals surface area contributed by atoms with Crippen molar-refractivity contribution < 1.29 is 47.0 Å². The Labute approximate surface area is 456 Å². The van der Waals surface area contributed by atoms with Crippen LogP contribution in [0, 0.1) is 35.8 Å². The second kappa shape index (κ2) is 20.7. The second-order valence-corrected chi connectivity index (χ2v) is 22.9. The number of aryl methyl sites for hydroxylation is 1. The lowest BCUT2D eigenvalue weighted by atomic mass is 9.83. The van der Waals surface area contributed by atoms with Crippen LogP contribution in [0.3, 0.4) is 0 Å². The molecule has 0 aliphatic carbocycles. The molecule has 5 aromatic rings. The lowest BCUT2D eigenvalue weighted by Crippen LogP contribution is -2.54. The average Bonchev–Trinajstić information content (AvgIpc) is 4.07. The molecule has 8 aliphatic heterocycles. The fourth-order valence-corrected chi connectivity index (χ4v) is 14.3. The number of amides is 5. The number of aromatic nitrogens is 3. The van der Waals surface area contributed by atoms with E-state index in [1.165, 1.54) is 6.07 Å². The quantitative estimate of drug-likeness (QED) is 0.107. The summed E-state index contributed by atoms with van der Waals surface area (Å²) in [5.41, 5.74) is 2.35. The van der Waals surface area contributed by atoms with Crippen LogP contribution in [0.2, 0.25) is 0 Å². The minimum Gasteiger partial charge on any atom is -0.461 e. The zero-order valence-electron chi connectivity index (χ0n) is 44.2. The number of carbonyl (C=O) groups is 5. The summed E-state index contributed by atoms with van der Waals surface area (Å²) in [5.74, 6) is 0.865. The Hall–Kier alpha value is -7.30. The van der Waals surface area contributed by atoms with Crippen LogP contribution in [0.25, 0.3) is 32.9 Å². The summed E-state index contributed by atoms with van der Waals surface area (Å²) in [4.78, 5) is 89.2. The molecule has 0 bridgehead atoms. The van der Waals surface area contributed by atoms with Crippen molar-refractivity contribution in [2.45, 2.75) is 114 Å². The van der Waals surface area contributed by atoms with Crippen LogP contribution in [-0.2, 0) is 25.5 Å². The van der Waals surface area contributed by atoms with E-state index in [0.717, 1.165) is 94.4 Å². The Morgan fingerprint density at radius 3 is 2.44 bits per heavy atom. The Morgan fingerprint density at radius 2 is 1.63 bits per heavy atom. The molecule has 19 heteroatoms. The maximum atomic E-state index is 17.4. The fourth-order valence-electron chi connectivity index (χ4n) is 14.3. The number of benzene rings is 3. The first-order valence-corrected chi connectivity index (χ1v) is 28.3. The van der Waals surface area contributed by atoms with Crippen molar-refractivity contribution in [1.82, 2.24) is 35.0 Å². The van der Waals surface area contributed by atoms with Crippen molar-refractivity contribution in [1.29, 1.82) is 0 Å². The topological polar surface area (TPSA) is 180 Å². The molecule has 8 aliphatic rings. The predicted molar refractivity (Wildman–Crippen MR) is 289 cm³/mol. The molecular formula is C60H63F2N9O8. The summed E-state index contributed by atoms with van der Waals surface area (Å²) in [5, 5.41) is 3.88. The molecule has 0 saturated carbocycles. The maximum absolute atomic E-state index is 17.4.